The Bertz CT molecular complexity index is 22.0. The molecule has 4 heavy (non-hydrogen) atoms. The minimum Gasteiger partial charge on any atom is -0.277 e. The molecule has 0 aromatic carbocycles. The third-order valence-electron chi connectivity index (χ3n) is 0.0680. The first-order chi connectivity index (χ1) is 1.91. The van der Waals surface area contributed by atoms with Crippen LogP contribution in [0.1, 0.15) is 0 Å². The van der Waals surface area contributed by atoms with Gasteiger partial charge in [0, 0.05) is 4.21 Å². The molecule has 0 heterocycles. The molecule has 0 radical (unpaired) electrons. The lowest BCUT2D eigenvalue weighted by Gasteiger charge is -1.34. The van der Waals surface area contributed by atoms with Crippen molar-refractivity contribution in [3.05, 3.63) is 0 Å². The summed E-state index contributed by atoms with van der Waals surface area (Å²) < 4.78 is 9.09. The lowest BCUT2D eigenvalue weighted by molar-refractivity contribution is 0.605. The maximum atomic E-state index is 9.09. The van der Waals surface area contributed by atoms with E-state index in [2.05, 4.69) is 5.73 Å². The summed E-state index contributed by atoms with van der Waals surface area (Å²) >= 11 is 0.384. The lowest BCUT2D eigenvalue weighted by Crippen LogP contribution is -1.92. The third-order valence-corrected chi connectivity index (χ3v) is 0.204. The van der Waals surface area contributed by atoms with E-state index in [1.165, 1.54) is 0 Å². The van der Waals surface area contributed by atoms with Gasteiger partial charge in [0.05, 0.1) is 0 Å². The van der Waals surface area contributed by atoms with Gasteiger partial charge < -0.3 is 0 Å². The zero-order valence-electron chi connectivity index (χ0n) is 2.10. The topological polar surface area (TPSA) is 43.1 Å². The summed E-state index contributed by atoms with van der Waals surface area (Å²) in [5.74, 6) is 0.181. The Morgan fingerprint density at radius 3 is 2.25 bits per heavy atom. The summed E-state index contributed by atoms with van der Waals surface area (Å²) in [6.07, 6.45) is 0. The lowest BCUT2D eigenvalue weighted by atomic mass is 11.6. The summed E-state index contributed by atoms with van der Waals surface area (Å²) in [4.78, 5) is 0. The highest BCUT2D eigenvalue weighted by Crippen LogP contribution is 1.29. The Balaban J connectivity index is 2.30. The molecule has 2 N–H and O–H groups in total. The predicted octanol–water partition coefficient (Wildman–Crippen LogP) is -0.669. The van der Waals surface area contributed by atoms with Crippen molar-refractivity contribution in [1.82, 2.24) is 0 Å². The maximum Gasteiger partial charge on any atom is 0.475 e. The van der Waals surface area contributed by atoms with E-state index in [-0.39, 0.29) is 5.88 Å². The molecule has 0 spiro atoms. The third kappa shape index (κ3) is 1.98. The SMILES string of the molecule is NC[S+]=O. The summed E-state index contributed by atoms with van der Waals surface area (Å²) in [5, 5.41) is 0. The summed E-state index contributed by atoms with van der Waals surface area (Å²) in [7, 11) is 0. The van der Waals surface area contributed by atoms with E-state index in [1.807, 2.05) is 0 Å². The quantitative estimate of drug-likeness (QED) is 0.334. The van der Waals surface area contributed by atoms with Crippen molar-refractivity contribution in [2.75, 3.05) is 5.88 Å². The number of hydrogen-bond donors (Lipinski definition) is 1. The molecule has 0 aliphatic rings. The molecule has 0 unspecified atom stereocenters. The van der Waals surface area contributed by atoms with Crippen molar-refractivity contribution < 1.29 is 4.21 Å². The van der Waals surface area contributed by atoms with E-state index < -0.39 is 0 Å². The van der Waals surface area contributed by atoms with Gasteiger partial charge in [0.15, 0.2) is 0 Å². The highest BCUT2D eigenvalue weighted by molar-refractivity contribution is 7.65. The molecule has 2 nitrogen and oxygen atoms in total. The Kier molecular flexibility index (Phi) is 2.97. The second-order valence-electron chi connectivity index (χ2n) is 0.285. The Labute approximate surface area is 28.5 Å². The standard InChI is InChI=1S/CH4NOS/c2-1-4-3/h1-2H2/q+1. The van der Waals surface area contributed by atoms with Crippen LogP contribution in [-0.4, -0.2) is 5.88 Å². The molecule has 0 amide bonds. The highest BCUT2D eigenvalue weighted by Gasteiger charge is 1.77. The van der Waals surface area contributed by atoms with E-state index in [9.17, 15) is 0 Å². The van der Waals surface area contributed by atoms with Crippen LogP contribution in [-0.2, 0) is 15.9 Å². The van der Waals surface area contributed by atoms with Crippen LogP contribution < -0.4 is 5.73 Å². The molecule has 0 aliphatic heterocycles. The molecule has 0 aliphatic carbocycles. The molecule has 0 fully saturated rings. The summed E-state index contributed by atoms with van der Waals surface area (Å²) in [5.41, 5.74) is 4.68. The van der Waals surface area contributed by atoms with Gasteiger partial charge in [-0.1, -0.05) is 0 Å². The fourth-order valence-corrected chi connectivity index (χ4v) is 0. The van der Waals surface area contributed by atoms with Crippen LogP contribution in [0.4, 0.5) is 0 Å². The van der Waals surface area contributed by atoms with Crippen LogP contribution in [0.15, 0.2) is 0 Å². The number of hydrogen-bond acceptors (Lipinski definition) is 2. The maximum absolute atomic E-state index is 9.09. The van der Waals surface area contributed by atoms with E-state index in [0.29, 0.717) is 11.7 Å². The van der Waals surface area contributed by atoms with E-state index in [1.54, 1.807) is 0 Å². The first-order valence-electron chi connectivity index (χ1n) is 0.864. The largest absolute Gasteiger partial charge is 0.475 e. The molecule has 0 aromatic heterocycles. The summed E-state index contributed by atoms with van der Waals surface area (Å²) in [6, 6.07) is 0. The minimum atomic E-state index is 0.181. The first kappa shape index (κ1) is 3.98. The molecule has 0 rings (SSSR count). The zero-order valence-corrected chi connectivity index (χ0v) is 2.92. The number of nitrogens with two attached hydrogens (primary N) is 1. The Morgan fingerprint density at radius 2 is 2.25 bits per heavy atom. The first-order valence-corrected chi connectivity index (χ1v) is 1.77. The molecule has 0 saturated carbocycles. The fourth-order valence-electron chi connectivity index (χ4n) is 0. The van der Waals surface area contributed by atoms with Crippen LogP contribution in [0, 0.1) is 0 Å². The van der Waals surface area contributed by atoms with Crippen molar-refractivity contribution in [1.29, 1.82) is 0 Å². The predicted molar refractivity (Wildman–Crippen MR) is 17.1 cm³/mol. The van der Waals surface area contributed by atoms with E-state index >= 15 is 0 Å². The average molecular weight is 78.1 g/mol. The van der Waals surface area contributed by atoms with Gasteiger partial charge >= 0.3 is 11.7 Å². The van der Waals surface area contributed by atoms with Gasteiger partial charge in [0.25, 0.3) is 5.88 Å². The van der Waals surface area contributed by atoms with Crippen molar-refractivity contribution in [3.8, 4) is 0 Å². The zero-order chi connectivity index (χ0) is 3.41. The second kappa shape index (κ2) is 2.98. The van der Waals surface area contributed by atoms with Crippen LogP contribution in [0.5, 0.6) is 0 Å². The van der Waals surface area contributed by atoms with Gasteiger partial charge in [-0.15, -0.1) is 0 Å². The molecular weight excluding hydrogens is 74.1 g/mol. The summed E-state index contributed by atoms with van der Waals surface area (Å²) in [6.45, 7) is 0. The van der Waals surface area contributed by atoms with Gasteiger partial charge in [0.1, 0.15) is 0 Å². The van der Waals surface area contributed by atoms with Crippen LogP contribution in [0.3, 0.4) is 0 Å². The molecule has 0 saturated heterocycles. The molecule has 0 aromatic rings. The van der Waals surface area contributed by atoms with Crippen LogP contribution in [0.2, 0.25) is 0 Å². The van der Waals surface area contributed by atoms with Gasteiger partial charge in [0.2, 0.25) is 0 Å². The van der Waals surface area contributed by atoms with Crippen molar-refractivity contribution >= 4 is 11.7 Å². The van der Waals surface area contributed by atoms with E-state index in [4.69, 9.17) is 4.21 Å². The van der Waals surface area contributed by atoms with Gasteiger partial charge in [-0.25, -0.2) is 0 Å². The fraction of sp³-hybridized carbons (Fsp3) is 1.00. The molecular formula is CH4NOS+. The van der Waals surface area contributed by atoms with Crippen LogP contribution in [0.25, 0.3) is 0 Å². The van der Waals surface area contributed by atoms with Gasteiger partial charge in [-0.05, 0) is 0 Å². The minimum absolute atomic E-state index is 0.181. The van der Waals surface area contributed by atoms with Crippen molar-refractivity contribution in [3.63, 3.8) is 0 Å². The average Bonchev–Trinajstić information content (AvgIpc) is 1.37. The molecule has 3 heteroatoms. The van der Waals surface area contributed by atoms with Gasteiger partial charge in [-0.2, -0.15) is 0 Å². The Hall–Kier alpha value is -0.0200. The molecule has 0 atom stereocenters. The van der Waals surface area contributed by atoms with Crippen LogP contribution >= 0.6 is 0 Å². The Morgan fingerprint density at radius 1 is 2.00 bits per heavy atom. The highest BCUT2D eigenvalue weighted by atomic mass is 32.1. The van der Waals surface area contributed by atoms with Crippen molar-refractivity contribution in [2.24, 2.45) is 5.73 Å². The molecule has 24 valence electrons. The second-order valence-corrected chi connectivity index (χ2v) is 0.854. The smallest absolute Gasteiger partial charge is 0.277 e. The van der Waals surface area contributed by atoms with Crippen molar-refractivity contribution in [2.45, 2.75) is 0 Å². The van der Waals surface area contributed by atoms with E-state index in [0.717, 1.165) is 0 Å². The van der Waals surface area contributed by atoms with Gasteiger partial charge in [-0.3, -0.25) is 5.73 Å². The normalized spacial score (nSPS) is 6.25. The molecule has 0 bridgehead atoms. The number of rotatable bonds is 1. The monoisotopic (exact) mass is 78.0 g/mol.